The van der Waals surface area contributed by atoms with Crippen molar-refractivity contribution in [3.63, 3.8) is 0 Å². The Kier molecular flexibility index (Phi) is 2.13. The molecule has 1 heterocycles. The molecule has 0 aliphatic rings. The Hall–Kier alpha value is -1.55. The van der Waals surface area contributed by atoms with Crippen molar-refractivity contribution in [3.05, 3.63) is 29.1 Å². The van der Waals surface area contributed by atoms with E-state index in [1.165, 1.54) is 11.3 Å². The van der Waals surface area contributed by atoms with Crippen LogP contribution < -0.4 is 5.73 Å². The second-order valence-electron chi connectivity index (χ2n) is 3.07. The molecule has 0 aliphatic heterocycles. The molecule has 72 valence electrons. The highest BCUT2D eigenvalue weighted by atomic mass is 32.1. The third-order valence-electron chi connectivity index (χ3n) is 2.03. The van der Waals surface area contributed by atoms with Crippen molar-refractivity contribution in [1.82, 2.24) is 4.98 Å². The average molecular weight is 206 g/mol. The summed E-state index contributed by atoms with van der Waals surface area (Å²) in [6, 6.07) is 5.48. The number of nitrogens with two attached hydrogens (primary N) is 1. The Balaban J connectivity index is 2.47. The van der Waals surface area contributed by atoms with E-state index < -0.39 is 0 Å². The minimum Gasteiger partial charge on any atom is -0.508 e. The number of thiazole rings is 1. The molecular weight excluding hydrogens is 196 g/mol. The predicted molar refractivity (Wildman–Crippen MR) is 58.4 cm³/mol. The lowest BCUT2D eigenvalue weighted by Gasteiger charge is -2.00. The first-order chi connectivity index (χ1) is 6.66. The van der Waals surface area contributed by atoms with Crippen molar-refractivity contribution in [1.29, 1.82) is 0 Å². The van der Waals surface area contributed by atoms with E-state index in [9.17, 15) is 5.11 Å². The maximum absolute atomic E-state index is 9.51. The number of aromatic nitrogens is 1. The van der Waals surface area contributed by atoms with Crippen LogP contribution in [0.2, 0.25) is 0 Å². The zero-order valence-electron chi connectivity index (χ0n) is 7.69. The Morgan fingerprint density at radius 2 is 2.21 bits per heavy atom. The molecule has 1 aromatic heterocycles. The molecule has 4 heteroatoms. The summed E-state index contributed by atoms with van der Waals surface area (Å²) in [5.41, 5.74) is 8.09. The van der Waals surface area contributed by atoms with Gasteiger partial charge in [-0.25, -0.2) is 4.98 Å². The molecule has 0 saturated carbocycles. The van der Waals surface area contributed by atoms with Crippen molar-refractivity contribution in [2.45, 2.75) is 6.92 Å². The SMILES string of the molecule is Cc1ccc(-c2csc(N)n2)cc1O. The number of rotatable bonds is 1. The Morgan fingerprint density at radius 1 is 1.43 bits per heavy atom. The number of aryl methyl sites for hydroxylation is 1. The van der Waals surface area contributed by atoms with Crippen LogP contribution in [0.1, 0.15) is 5.56 Å². The molecule has 3 N–H and O–H groups in total. The molecule has 14 heavy (non-hydrogen) atoms. The minimum absolute atomic E-state index is 0.286. The van der Waals surface area contributed by atoms with E-state index in [0.29, 0.717) is 5.13 Å². The van der Waals surface area contributed by atoms with Crippen LogP contribution >= 0.6 is 11.3 Å². The number of hydrogen-bond acceptors (Lipinski definition) is 4. The van der Waals surface area contributed by atoms with Crippen molar-refractivity contribution in [2.24, 2.45) is 0 Å². The lowest BCUT2D eigenvalue weighted by atomic mass is 10.1. The molecule has 0 amide bonds. The van der Waals surface area contributed by atoms with Crippen molar-refractivity contribution < 1.29 is 5.11 Å². The Labute approximate surface area is 85.8 Å². The Morgan fingerprint density at radius 3 is 2.79 bits per heavy atom. The molecule has 0 atom stereocenters. The molecule has 1 aromatic carbocycles. The topological polar surface area (TPSA) is 59.1 Å². The Bertz CT molecular complexity index is 465. The van der Waals surface area contributed by atoms with Crippen LogP contribution in [-0.4, -0.2) is 10.1 Å². The second kappa shape index (κ2) is 3.31. The summed E-state index contributed by atoms with van der Waals surface area (Å²) in [4.78, 5) is 4.14. The van der Waals surface area contributed by atoms with Gasteiger partial charge in [-0.3, -0.25) is 0 Å². The van der Waals surface area contributed by atoms with Gasteiger partial charge in [0.1, 0.15) is 5.75 Å². The number of nitrogens with zero attached hydrogens (tertiary/aromatic N) is 1. The van der Waals surface area contributed by atoms with Gasteiger partial charge in [-0.15, -0.1) is 11.3 Å². The minimum atomic E-state index is 0.286. The summed E-state index contributed by atoms with van der Waals surface area (Å²) in [5, 5.41) is 11.9. The van der Waals surface area contributed by atoms with Crippen LogP contribution in [0.4, 0.5) is 5.13 Å². The third-order valence-corrected chi connectivity index (χ3v) is 2.70. The van der Waals surface area contributed by atoms with Gasteiger partial charge in [-0.05, 0) is 18.6 Å². The van der Waals surface area contributed by atoms with E-state index in [1.54, 1.807) is 6.07 Å². The highest BCUT2D eigenvalue weighted by molar-refractivity contribution is 7.13. The fourth-order valence-electron chi connectivity index (χ4n) is 1.19. The van der Waals surface area contributed by atoms with Gasteiger partial charge in [0.2, 0.25) is 0 Å². The number of aromatic hydroxyl groups is 1. The molecule has 0 radical (unpaired) electrons. The first-order valence-electron chi connectivity index (χ1n) is 4.18. The first kappa shape index (κ1) is 9.02. The van der Waals surface area contributed by atoms with Crippen molar-refractivity contribution in [2.75, 3.05) is 5.73 Å². The summed E-state index contributed by atoms with van der Waals surface area (Å²) in [7, 11) is 0. The summed E-state index contributed by atoms with van der Waals surface area (Å²) < 4.78 is 0. The van der Waals surface area contributed by atoms with Crippen molar-refractivity contribution >= 4 is 16.5 Å². The maximum Gasteiger partial charge on any atom is 0.180 e. The molecule has 0 saturated heterocycles. The fraction of sp³-hybridized carbons (Fsp3) is 0.100. The van der Waals surface area contributed by atoms with Crippen LogP contribution in [0.5, 0.6) is 5.75 Å². The summed E-state index contributed by atoms with van der Waals surface area (Å²) >= 11 is 1.39. The third kappa shape index (κ3) is 1.56. The molecule has 0 bridgehead atoms. The van der Waals surface area contributed by atoms with Gasteiger partial charge in [0, 0.05) is 10.9 Å². The fourth-order valence-corrected chi connectivity index (χ4v) is 1.76. The van der Waals surface area contributed by atoms with E-state index in [1.807, 2.05) is 24.4 Å². The normalized spacial score (nSPS) is 10.4. The van der Waals surface area contributed by atoms with E-state index in [4.69, 9.17) is 5.73 Å². The predicted octanol–water partition coefficient (Wildman–Crippen LogP) is 2.41. The van der Waals surface area contributed by atoms with Gasteiger partial charge >= 0.3 is 0 Å². The molecule has 0 fully saturated rings. The lowest BCUT2D eigenvalue weighted by Crippen LogP contribution is -1.83. The number of phenolic OH excluding ortho intramolecular Hbond substituents is 1. The van der Waals surface area contributed by atoms with Gasteiger partial charge in [0.15, 0.2) is 5.13 Å². The smallest absolute Gasteiger partial charge is 0.180 e. The largest absolute Gasteiger partial charge is 0.508 e. The van der Waals surface area contributed by atoms with E-state index in [0.717, 1.165) is 16.8 Å². The molecule has 0 spiro atoms. The number of anilines is 1. The second-order valence-corrected chi connectivity index (χ2v) is 3.96. The number of phenols is 1. The van der Waals surface area contributed by atoms with Gasteiger partial charge < -0.3 is 10.8 Å². The first-order valence-corrected chi connectivity index (χ1v) is 5.06. The van der Waals surface area contributed by atoms with Crippen LogP contribution in [0.3, 0.4) is 0 Å². The highest BCUT2D eigenvalue weighted by Gasteiger charge is 2.04. The standard InChI is InChI=1S/C10H10N2OS/c1-6-2-3-7(4-9(6)13)8-5-14-10(11)12-8/h2-5,13H,1H3,(H2,11,12). The monoisotopic (exact) mass is 206 g/mol. The van der Waals surface area contributed by atoms with Gasteiger partial charge in [-0.1, -0.05) is 12.1 Å². The summed E-state index contributed by atoms with van der Waals surface area (Å²) in [5.74, 6) is 0.286. The van der Waals surface area contributed by atoms with E-state index >= 15 is 0 Å². The molecule has 3 nitrogen and oxygen atoms in total. The lowest BCUT2D eigenvalue weighted by molar-refractivity contribution is 0.471. The highest BCUT2D eigenvalue weighted by Crippen LogP contribution is 2.27. The molecule has 2 aromatic rings. The van der Waals surface area contributed by atoms with Gasteiger partial charge in [0.25, 0.3) is 0 Å². The number of nitrogen functional groups attached to an aromatic ring is 1. The average Bonchev–Trinajstić information content (AvgIpc) is 2.57. The summed E-state index contributed by atoms with van der Waals surface area (Å²) in [6.45, 7) is 1.86. The molecular formula is C10H10N2OS. The van der Waals surface area contributed by atoms with Crippen LogP contribution in [0.25, 0.3) is 11.3 Å². The molecule has 0 aliphatic carbocycles. The maximum atomic E-state index is 9.51. The zero-order valence-corrected chi connectivity index (χ0v) is 8.51. The number of hydrogen-bond donors (Lipinski definition) is 2. The van der Waals surface area contributed by atoms with Gasteiger partial charge in [0.05, 0.1) is 5.69 Å². The van der Waals surface area contributed by atoms with Gasteiger partial charge in [-0.2, -0.15) is 0 Å². The van der Waals surface area contributed by atoms with Crippen LogP contribution in [-0.2, 0) is 0 Å². The van der Waals surface area contributed by atoms with E-state index in [2.05, 4.69) is 4.98 Å². The van der Waals surface area contributed by atoms with Crippen molar-refractivity contribution in [3.8, 4) is 17.0 Å². The number of benzene rings is 1. The molecule has 0 unspecified atom stereocenters. The molecule has 2 rings (SSSR count). The summed E-state index contributed by atoms with van der Waals surface area (Å²) in [6.07, 6.45) is 0. The quantitative estimate of drug-likeness (QED) is 0.753. The van der Waals surface area contributed by atoms with Crippen LogP contribution in [0, 0.1) is 6.92 Å². The van der Waals surface area contributed by atoms with Crippen LogP contribution in [0.15, 0.2) is 23.6 Å². The van der Waals surface area contributed by atoms with E-state index in [-0.39, 0.29) is 5.75 Å². The zero-order chi connectivity index (χ0) is 10.1.